The fourth-order valence-corrected chi connectivity index (χ4v) is 1.97. The number of para-hydroxylation sites is 1. The molecule has 0 spiro atoms. The average molecular weight is 297 g/mol. The van der Waals surface area contributed by atoms with Crippen LogP contribution in [-0.2, 0) is 12.7 Å². The predicted molar refractivity (Wildman–Crippen MR) is 72.0 cm³/mol. The largest absolute Gasteiger partial charge is 0.418 e. The molecule has 0 aliphatic carbocycles. The van der Waals surface area contributed by atoms with Gasteiger partial charge in [-0.2, -0.15) is 18.3 Å². The van der Waals surface area contributed by atoms with Gasteiger partial charge in [-0.05, 0) is 32.0 Å². The smallest absolute Gasteiger partial charge is 0.320 e. The SMILES string of the molecule is CCn1nc(C(=O)Nc2ccccc2C(F)(F)F)cc1C. The minimum Gasteiger partial charge on any atom is -0.320 e. The van der Waals surface area contributed by atoms with Gasteiger partial charge >= 0.3 is 6.18 Å². The van der Waals surface area contributed by atoms with Gasteiger partial charge in [-0.15, -0.1) is 0 Å². The normalized spacial score (nSPS) is 11.5. The van der Waals surface area contributed by atoms with Gasteiger partial charge in [-0.3, -0.25) is 9.48 Å². The van der Waals surface area contributed by atoms with E-state index in [-0.39, 0.29) is 11.4 Å². The molecule has 4 nitrogen and oxygen atoms in total. The Labute approximate surface area is 119 Å². The van der Waals surface area contributed by atoms with E-state index in [0.717, 1.165) is 11.8 Å². The van der Waals surface area contributed by atoms with Crippen LogP contribution in [-0.4, -0.2) is 15.7 Å². The molecule has 1 amide bonds. The number of carbonyl (C=O) groups excluding carboxylic acids is 1. The molecule has 0 saturated heterocycles. The van der Waals surface area contributed by atoms with Crippen LogP contribution < -0.4 is 5.32 Å². The molecule has 0 atom stereocenters. The summed E-state index contributed by atoms with van der Waals surface area (Å²) in [6.45, 7) is 4.22. The number of nitrogens with one attached hydrogen (secondary N) is 1. The molecule has 0 fully saturated rings. The third-order valence-corrected chi connectivity index (χ3v) is 2.99. The van der Waals surface area contributed by atoms with Crippen LogP contribution in [0.1, 0.15) is 28.7 Å². The molecular formula is C14H14F3N3O. The van der Waals surface area contributed by atoms with Gasteiger partial charge in [0, 0.05) is 12.2 Å². The van der Waals surface area contributed by atoms with Crippen molar-refractivity contribution in [3.63, 3.8) is 0 Å². The van der Waals surface area contributed by atoms with Gasteiger partial charge < -0.3 is 5.32 Å². The summed E-state index contributed by atoms with van der Waals surface area (Å²) in [6, 6.07) is 6.38. The lowest BCUT2D eigenvalue weighted by Gasteiger charge is -2.12. The number of carbonyl (C=O) groups is 1. The van der Waals surface area contributed by atoms with Gasteiger partial charge in [0.15, 0.2) is 5.69 Å². The summed E-state index contributed by atoms with van der Waals surface area (Å²) in [7, 11) is 0. The molecule has 1 aromatic heterocycles. The van der Waals surface area contributed by atoms with Crippen LogP contribution in [0.4, 0.5) is 18.9 Å². The molecule has 112 valence electrons. The Kier molecular flexibility index (Phi) is 4.02. The van der Waals surface area contributed by atoms with Crippen LogP contribution in [0.3, 0.4) is 0 Å². The highest BCUT2D eigenvalue weighted by molar-refractivity contribution is 6.03. The molecule has 1 heterocycles. The van der Waals surface area contributed by atoms with Crippen molar-refractivity contribution in [2.24, 2.45) is 0 Å². The third-order valence-electron chi connectivity index (χ3n) is 2.99. The van der Waals surface area contributed by atoms with Crippen molar-refractivity contribution in [1.82, 2.24) is 9.78 Å². The van der Waals surface area contributed by atoms with Crippen molar-refractivity contribution in [3.05, 3.63) is 47.3 Å². The summed E-state index contributed by atoms with van der Waals surface area (Å²) in [5.74, 6) is -0.665. The number of amides is 1. The highest BCUT2D eigenvalue weighted by Gasteiger charge is 2.33. The number of aryl methyl sites for hydroxylation is 2. The van der Waals surface area contributed by atoms with E-state index in [1.807, 2.05) is 6.92 Å². The number of hydrogen-bond acceptors (Lipinski definition) is 2. The molecule has 0 unspecified atom stereocenters. The van der Waals surface area contributed by atoms with Gasteiger partial charge in [0.1, 0.15) is 0 Å². The fraction of sp³-hybridized carbons (Fsp3) is 0.286. The number of aromatic nitrogens is 2. The van der Waals surface area contributed by atoms with Gasteiger partial charge in [0.05, 0.1) is 11.3 Å². The van der Waals surface area contributed by atoms with E-state index in [9.17, 15) is 18.0 Å². The molecule has 2 rings (SSSR count). The Bertz CT molecular complexity index is 662. The zero-order chi connectivity index (χ0) is 15.6. The average Bonchev–Trinajstić information content (AvgIpc) is 2.79. The lowest BCUT2D eigenvalue weighted by atomic mass is 10.1. The summed E-state index contributed by atoms with van der Waals surface area (Å²) in [4.78, 5) is 12.0. The van der Waals surface area contributed by atoms with E-state index in [1.54, 1.807) is 11.6 Å². The number of rotatable bonds is 3. The molecule has 0 bridgehead atoms. The first kappa shape index (κ1) is 15.1. The highest BCUT2D eigenvalue weighted by atomic mass is 19.4. The summed E-state index contributed by atoms with van der Waals surface area (Å²) in [6.07, 6.45) is -4.53. The predicted octanol–water partition coefficient (Wildman–Crippen LogP) is 3.48. The van der Waals surface area contributed by atoms with E-state index < -0.39 is 17.6 Å². The molecule has 0 radical (unpaired) electrons. The van der Waals surface area contributed by atoms with Crippen LogP contribution in [0, 0.1) is 6.92 Å². The summed E-state index contributed by atoms with van der Waals surface area (Å²) in [5.41, 5.74) is -0.304. The number of benzene rings is 1. The van der Waals surface area contributed by atoms with Crippen LogP contribution in [0.2, 0.25) is 0 Å². The Morgan fingerprint density at radius 1 is 1.33 bits per heavy atom. The van der Waals surface area contributed by atoms with Crippen molar-refractivity contribution in [2.45, 2.75) is 26.6 Å². The minimum absolute atomic E-state index is 0.0892. The fourth-order valence-electron chi connectivity index (χ4n) is 1.97. The molecular weight excluding hydrogens is 283 g/mol. The quantitative estimate of drug-likeness (QED) is 0.942. The monoisotopic (exact) mass is 297 g/mol. The first-order chi connectivity index (χ1) is 9.82. The van der Waals surface area contributed by atoms with Crippen molar-refractivity contribution < 1.29 is 18.0 Å². The van der Waals surface area contributed by atoms with Gasteiger partial charge in [-0.25, -0.2) is 0 Å². The Morgan fingerprint density at radius 2 is 2.00 bits per heavy atom. The van der Waals surface area contributed by atoms with Crippen molar-refractivity contribution in [3.8, 4) is 0 Å². The zero-order valence-corrected chi connectivity index (χ0v) is 11.5. The van der Waals surface area contributed by atoms with Gasteiger partial charge in [-0.1, -0.05) is 12.1 Å². The van der Waals surface area contributed by atoms with Crippen LogP contribution in [0.5, 0.6) is 0 Å². The second-order valence-corrected chi connectivity index (χ2v) is 4.48. The number of anilines is 1. The molecule has 0 saturated carbocycles. The first-order valence-corrected chi connectivity index (χ1v) is 6.35. The van der Waals surface area contributed by atoms with Crippen molar-refractivity contribution in [1.29, 1.82) is 0 Å². The Morgan fingerprint density at radius 3 is 2.57 bits per heavy atom. The standard InChI is InChI=1S/C14H14F3N3O/c1-3-20-9(2)8-12(19-20)13(21)18-11-7-5-4-6-10(11)14(15,16)17/h4-8H,3H2,1-2H3,(H,18,21). The third kappa shape index (κ3) is 3.24. The maximum atomic E-state index is 12.9. The molecule has 7 heteroatoms. The van der Waals surface area contributed by atoms with Crippen LogP contribution >= 0.6 is 0 Å². The molecule has 1 aromatic carbocycles. The molecule has 0 aliphatic rings. The number of nitrogens with zero attached hydrogens (tertiary/aromatic N) is 2. The maximum absolute atomic E-state index is 12.9. The van der Waals surface area contributed by atoms with Crippen molar-refractivity contribution >= 4 is 11.6 Å². The van der Waals surface area contributed by atoms with Crippen molar-refractivity contribution in [2.75, 3.05) is 5.32 Å². The van der Waals surface area contributed by atoms with E-state index in [4.69, 9.17) is 0 Å². The van der Waals surface area contributed by atoms with Crippen LogP contribution in [0.15, 0.2) is 30.3 Å². The highest BCUT2D eigenvalue weighted by Crippen LogP contribution is 2.34. The topological polar surface area (TPSA) is 46.9 Å². The molecule has 21 heavy (non-hydrogen) atoms. The minimum atomic E-state index is -4.53. The zero-order valence-electron chi connectivity index (χ0n) is 11.5. The van der Waals surface area contributed by atoms with E-state index in [2.05, 4.69) is 10.4 Å². The Hall–Kier alpha value is -2.31. The van der Waals surface area contributed by atoms with E-state index >= 15 is 0 Å². The van der Waals surface area contributed by atoms with Crippen LogP contribution in [0.25, 0.3) is 0 Å². The first-order valence-electron chi connectivity index (χ1n) is 6.35. The second-order valence-electron chi connectivity index (χ2n) is 4.48. The summed E-state index contributed by atoms with van der Waals surface area (Å²) < 4.78 is 40.2. The second kappa shape index (κ2) is 5.59. The van der Waals surface area contributed by atoms with Gasteiger partial charge in [0.25, 0.3) is 5.91 Å². The van der Waals surface area contributed by atoms with E-state index in [0.29, 0.717) is 6.54 Å². The number of alkyl halides is 3. The molecule has 1 N–H and O–H groups in total. The maximum Gasteiger partial charge on any atom is 0.418 e. The summed E-state index contributed by atoms with van der Waals surface area (Å²) in [5, 5.41) is 6.30. The lowest BCUT2D eigenvalue weighted by molar-refractivity contribution is -0.136. The number of halogens is 3. The number of hydrogen-bond donors (Lipinski definition) is 1. The molecule has 2 aromatic rings. The van der Waals surface area contributed by atoms with E-state index in [1.165, 1.54) is 24.3 Å². The Balaban J connectivity index is 2.28. The molecule has 0 aliphatic heterocycles. The lowest BCUT2D eigenvalue weighted by Crippen LogP contribution is -2.17. The van der Waals surface area contributed by atoms with Gasteiger partial charge in [0.2, 0.25) is 0 Å². The summed E-state index contributed by atoms with van der Waals surface area (Å²) >= 11 is 0.